The van der Waals surface area contributed by atoms with E-state index in [2.05, 4.69) is 16.0 Å². The molecule has 1 fully saturated rings. The molecule has 9 nitrogen and oxygen atoms in total. The summed E-state index contributed by atoms with van der Waals surface area (Å²) in [6.07, 6.45) is 2.73. The second kappa shape index (κ2) is 12.8. The molecule has 0 aliphatic heterocycles. The second-order valence-corrected chi connectivity index (χ2v) is 10.9. The lowest BCUT2D eigenvalue weighted by Gasteiger charge is -2.30. The van der Waals surface area contributed by atoms with Gasteiger partial charge in [-0.3, -0.25) is 9.59 Å². The van der Waals surface area contributed by atoms with Gasteiger partial charge in [-0.05, 0) is 70.6 Å². The van der Waals surface area contributed by atoms with Crippen molar-refractivity contribution in [2.75, 3.05) is 6.54 Å². The first-order valence-corrected chi connectivity index (χ1v) is 12.0. The van der Waals surface area contributed by atoms with Crippen molar-refractivity contribution < 1.29 is 29.0 Å². The molecular formula is C24H43N3O6. The zero-order valence-corrected chi connectivity index (χ0v) is 21.2. The molecule has 0 heterocycles. The summed E-state index contributed by atoms with van der Waals surface area (Å²) in [4.78, 5) is 48.7. The van der Waals surface area contributed by atoms with E-state index in [1.807, 2.05) is 13.8 Å². The molecule has 1 saturated carbocycles. The number of aliphatic carboxylic acids is 1. The predicted molar refractivity (Wildman–Crippen MR) is 125 cm³/mol. The molecule has 4 N–H and O–H groups in total. The van der Waals surface area contributed by atoms with E-state index in [4.69, 9.17) is 4.74 Å². The summed E-state index contributed by atoms with van der Waals surface area (Å²) in [5.41, 5.74) is -0.645. The first-order chi connectivity index (χ1) is 15.2. The third-order valence-corrected chi connectivity index (χ3v) is 5.73. The minimum atomic E-state index is -1.02. The van der Waals surface area contributed by atoms with Crippen LogP contribution in [0.1, 0.15) is 80.6 Å². The molecule has 2 atom stereocenters. The third-order valence-electron chi connectivity index (χ3n) is 5.73. The number of hydrogen-bond donors (Lipinski definition) is 4. The Morgan fingerprint density at radius 2 is 1.55 bits per heavy atom. The molecule has 2 unspecified atom stereocenters. The van der Waals surface area contributed by atoms with E-state index >= 15 is 0 Å². The quantitative estimate of drug-likeness (QED) is 0.388. The summed E-state index contributed by atoms with van der Waals surface area (Å²) in [6, 6.07) is -1.56. The fourth-order valence-electron chi connectivity index (χ4n) is 3.93. The maximum Gasteiger partial charge on any atom is 0.408 e. The largest absolute Gasteiger partial charge is 0.480 e. The van der Waals surface area contributed by atoms with Crippen LogP contribution in [0.25, 0.3) is 0 Å². The van der Waals surface area contributed by atoms with Crippen LogP contribution in [0.4, 0.5) is 4.79 Å². The molecule has 1 aliphatic carbocycles. The van der Waals surface area contributed by atoms with Gasteiger partial charge >= 0.3 is 12.1 Å². The van der Waals surface area contributed by atoms with Crippen molar-refractivity contribution in [3.05, 3.63) is 0 Å². The van der Waals surface area contributed by atoms with Crippen LogP contribution < -0.4 is 16.0 Å². The van der Waals surface area contributed by atoms with Gasteiger partial charge in [-0.15, -0.1) is 0 Å². The number of ether oxygens (including phenoxy) is 1. The average molecular weight is 470 g/mol. The Morgan fingerprint density at radius 3 is 2.00 bits per heavy atom. The van der Waals surface area contributed by atoms with Gasteiger partial charge in [0.25, 0.3) is 0 Å². The van der Waals surface area contributed by atoms with Crippen molar-refractivity contribution >= 4 is 23.9 Å². The Morgan fingerprint density at radius 1 is 0.970 bits per heavy atom. The molecule has 0 radical (unpaired) electrons. The highest BCUT2D eigenvalue weighted by Gasteiger charge is 2.31. The number of amides is 3. The Labute approximate surface area is 197 Å². The van der Waals surface area contributed by atoms with Gasteiger partial charge in [0, 0.05) is 12.5 Å². The number of hydrogen-bond acceptors (Lipinski definition) is 5. The van der Waals surface area contributed by atoms with Crippen molar-refractivity contribution in [1.29, 1.82) is 0 Å². The summed E-state index contributed by atoms with van der Waals surface area (Å²) in [6.45, 7) is 13.3. The molecule has 0 spiro atoms. The van der Waals surface area contributed by atoms with Gasteiger partial charge < -0.3 is 25.8 Å². The second-order valence-electron chi connectivity index (χ2n) is 10.9. The zero-order valence-electron chi connectivity index (χ0n) is 21.2. The lowest BCUT2D eigenvalue weighted by atomic mass is 9.81. The highest BCUT2D eigenvalue weighted by Crippen LogP contribution is 2.29. The minimum Gasteiger partial charge on any atom is -0.480 e. The van der Waals surface area contributed by atoms with Crippen LogP contribution in [-0.4, -0.2) is 53.2 Å². The van der Waals surface area contributed by atoms with Gasteiger partial charge in [0.1, 0.15) is 17.7 Å². The van der Waals surface area contributed by atoms with E-state index in [-0.39, 0.29) is 35.5 Å². The van der Waals surface area contributed by atoms with Crippen LogP contribution >= 0.6 is 0 Å². The molecule has 0 saturated heterocycles. The maximum atomic E-state index is 12.7. The Balaban J connectivity index is 2.53. The lowest BCUT2D eigenvalue weighted by molar-refractivity contribution is -0.144. The zero-order chi connectivity index (χ0) is 25.3. The Kier molecular flexibility index (Phi) is 11.1. The number of carbonyl (C=O) groups is 4. The van der Waals surface area contributed by atoms with Gasteiger partial charge in [-0.1, -0.05) is 27.7 Å². The summed E-state index contributed by atoms with van der Waals surface area (Å²) >= 11 is 0. The monoisotopic (exact) mass is 469 g/mol. The van der Waals surface area contributed by atoms with Gasteiger partial charge in [0.2, 0.25) is 11.8 Å². The lowest BCUT2D eigenvalue weighted by Crippen LogP contribution is -2.50. The Hall–Kier alpha value is -2.32. The molecule has 33 heavy (non-hydrogen) atoms. The number of nitrogens with one attached hydrogen (secondary N) is 3. The molecule has 0 aromatic rings. The molecule has 9 heteroatoms. The predicted octanol–water partition coefficient (Wildman–Crippen LogP) is 3.07. The van der Waals surface area contributed by atoms with Crippen LogP contribution in [-0.2, 0) is 19.1 Å². The van der Waals surface area contributed by atoms with E-state index in [9.17, 15) is 24.3 Å². The fraction of sp³-hybridized carbons (Fsp3) is 0.833. The van der Waals surface area contributed by atoms with Crippen molar-refractivity contribution in [2.45, 2.75) is 98.3 Å². The SMILES string of the molecule is CC(C)CC(NC(=O)OC(C)(C)C)C(=O)NCC1CCC(C(=O)NC(C(=O)O)C(C)C)CC1. The number of carboxylic acids is 1. The first kappa shape index (κ1) is 28.7. The third kappa shape index (κ3) is 10.9. The highest BCUT2D eigenvalue weighted by atomic mass is 16.6. The van der Waals surface area contributed by atoms with E-state index < -0.39 is 29.7 Å². The Bertz CT molecular complexity index is 678. The fourth-order valence-corrected chi connectivity index (χ4v) is 3.93. The van der Waals surface area contributed by atoms with Gasteiger partial charge in [0.15, 0.2) is 0 Å². The highest BCUT2D eigenvalue weighted by molar-refractivity contribution is 5.86. The minimum absolute atomic E-state index is 0.189. The van der Waals surface area contributed by atoms with Crippen LogP contribution in [0.3, 0.4) is 0 Å². The number of carbonyl (C=O) groups excluding carboxylic acids is 3. The van der Waals surface area contributed by atoms with Gasteiger partial charge in [-0.25, -0.2) is 9.59 Å². The summed E-state index contributed by atoms with van der Waals surface area (Å²) in [7, 11) is 0. The van der Waals surface area contributed by atoms with Crippen molar-refractivity contribution in [1.82, 2.24) is 16.0 Å². The smallest absolute Gasteiger partial charge is 0.408 e. The van der Waals surface area contributed by atoms with Crippen molar-refractivity contribution in [3.63, 3.8) is 0 Å². The summed E-state index contributed by atoms with van der Waals surface area (Å²) in [5.74, 6) is -1.42. The normalized spacial score (nSPS) is 20.6. The number of carboxylic acid groups (broad SMARTS) is 1. The summed E-state index contributed by atoms with van der Waals surface area (Å²) < 4.78 is 5.28. The van der Waals surface area contributed by atoms with Crippen LogP contribution in [0.5, 0.6) is 0 Å². The summed E-state index contributed by atoms with van der Waals surface area (Å²) in [5, 5.41) is 17.6. The molecule has 1 rings (SSSR count). The number of alkyl carbamates (subject to hydrolysis) is 1. The molecule has 0 aromatic carbocycles. The molecule has 0 aromatic heterocycles. The van der Waals surface area contributed by atoms with Gasteiger partial charge in [0.05, 0.1) is 0 Å². The van der Waals surface area contributed by atoms with Crippen molar-refractivity contribution in [3.8, 4) is 0 Å². The molecule has 0 bridgehead atoms. The topological polar surface area (TPSA) is 134 Å². The maximum absolute atomic E-state index is 12.7. The molecule has 190 valence electrons. The first-order valence-electron chi connectivity index (χ1n) is 12.0. The van der Waals surface area contributed by atoms with Crippen LogP contribution in [0.2, 0.25) is 0 Å². The van der Waals surface area contributed by atoms with E-state index in [1.165, 1.54) is 0 Å². The molecule has 1 aliphatic rings. The van der Waals surface area contributed by atoms with E-state index in [1.54, 1.807) is 34.6 Å². The van der Waals surface area contributed by atoms with E-state index in [0.717, 1.165) is 12.8 Å². The standard InChI is InChI=1S/C24H43N3O6/c1-14(2)12-18(26-23(32)33-24(5,6)7)21(29)25-13-16-8-10-17(11-9-16)20(28)27-19(15(3)4)22(30)31/h14-19H,8-13H2,1-7H3,(H,25,29)(H,26,32)(H,27,28)(H,30,31). The average Bonchev–Trinajstić information content (AvgIpc) is 2.67. The van der Waals surface area contributed by atoms with Crippen LogP contribution in [0.15, 0.2) is 0 Å². The van der Waals surface area contributed by atoms with Crippen LogP contribution in [0, 0.1) is 23.7 Å². The number of rotatable bonds is 10. The van der Waals surface area contributed by atoms with Crippen molar-refractivity contribution in [2.24, 2.45) is 23.7 Å². The molecular weight excluding hydrogens is 426 g/mol. The van der Waals surface area contributed by atoms with E-state index in [0.29, 0.717) is 25.8 Å². The van der Waals surface area contributed by atoms with Gasteiger partial charge in [-0.2, -0.15) is 0 Å². The molecule has 3 amide bonds.